The molecular weight excluding hydrogens is 574 g/mol. The van der Waals surface area contributed by atoms with Gasteiger partial charge in [-0.15, -0.1) is 0 Å². The van der Waals surface area contributed by atoms with Gasteiger partial charge in [0.25, 0.3) is 0 Å². The zero-order valence-corrected chi connectivity index (χ0v) is 26.6. The first-order chi connectivity index (χ1) is 20.3. The second kappa shape index (κ2) is 14.2. The van der Waals surface area contributed by atoms with Crippen LogP contribution in [0.5, 0.6) is 0 Å². The van der Waals surface area contributed by atoms with E-state index in [2.05, 4.69) is 40.7 Å². The number of benzene rings is 1. The summed E-state index contributed by atoms with van der Waals surface area (Å²) in [6.45, 7) is 14.0. The lowest BCUT2D eigenvalue weighted by molar-refractivity contribution is -0.344. The molecule has 2 aliphatic rings. The summed E-state index contributed by atoms with van der Waals surface area (Å²) < 4.78 is 21.9. The van der Waals surface area contributed by atoms with Crippen LogP contribution in [0, 0.1) is 27.6 Å². The van der Waals surface area contributed by atoms with Crippen LogP contribution in [0.3, 0.4) is 0 Å². The smallest absolute Gasteiger partial charge is 0.223 e. The lowest BCUT2D eigenvalue weighted by Crippen LogP contribution is -2.62. The van der Waals surface area contributed by atoms with Crippen molar-refractivity contribution in [3.63, 3.8) is 0 Å². The van der Waals surface area contributed by atoms with Gasteiger partial charge in [0.2, 0.25) is 12.1 Å². The van der Waals surface area contributed by atoms with Gasteiger partial charge in [-0.1, -0.05) is 58.9 Å². The zero-order valence-electron chi connectivity index (χ0n) is 26.6. The molecule has 2 saturated heterocycles. The van der Waals surface area contributed by atoms with Crippen molar-refractivity contribution >= 4 is 5.78 Å². The van der Waals surface area contributed by atoms with Crippen molar-refractivity contribution in [2.75, 3.05) is 13.2 Å². The zero-order chi connectivity index (χ0) is 33.2. The van der Waals surface area contributed by atoms with E-state index in [-0.39, 0.29) is 30.0 Å². The Morgan fingerprint density at radius 1 is 0.886 bits per heavy atom. The topological polar surface area (TPSA) is 199 Å². The Bertz CT molecular complexity index is 1140. The van der Waals surface area contributed by atoms with Gasteiger partial charge in [0.05, 0.1) is 31.3 Å². The molecule has 0 bridgehead atoms. The number of hydrogen-bond donors (Lipinski definition) is 6. The van der Waals surface area contributed by atoms with Gasteiger partial charge in [0.15, 0.2) is 6.29 Å². The van der Waals surface area contributed by atoms with Crippen LogP contribution >= 0.6 is 0 Å². The van der Waals surface area contributed by atoms with Crippen molar-refractivity contribution in [3.8, 4) is 6.07 Å². The van der Waals surface area contributed by atoms with E-state index in [9.17, 15) is 40.7 Å². The molecule has 0 spiro atoms. The van der Waals surface area contributed by atoms with Crippen molar-refractivity contribution in [2.45, 2.75) is 123 Å². The predicted molar refractivity (Wildman–Crippen MR) is 157 cm³/mol. The average Bonchev–Trinajstić information content (AvgIpc) is 2.96. The molecule has 2 heterocycles. The predicted octanol–water partition coefficient (Wildman–Crippen LogP) is 1.13. The molecule has 5 unspecified atom stereocenters. The molecule has 44 heavy (non-hydrogen) atoms. The molecule has 3 rings (SSSR count). The van der Waals surface area contributed by atoms with Crippen LogP contribution < -0.4 is 0 Å². The maximum absolute atomic E-state index is 12.6. The van der Waals surface area contributed by atoms with Gasteiger partial charge in [-0.25, -0.2) is 0 Å². The number of nitriles is 1. The highest BCUT2D eigenvalue weighted by atomic mass is 16.8. The van der Waals surface area contributed by atoms with Gasteiger partial charge in [-0.05, 0) is 48.1 Å². The summed E-state index contributed by atoms with van der Waals surface area (Å²) in [4.78, 5) is 12.6. The minimum absolute atomic E-state index is 0.0538. The number of rotatable bonds is 11. The minimum Gasteiger partial charge on any atom is -0.394 e. The van der Waals surface area contributed by atoms with E-state index in [1.807, 2.05) is 38.1 Å². The number of nitrogens with zero attached hydrogens (tertiary/aromatic N) is 1. The fourth-order valence-electron chi connectivity index (χ4n) is 5.34. The lowest BCUT2D eigenvalue weighted by atomic mass is 9.60. The number of ether oxygens (including phenoxy) is 4. The highest BCUT2D eigenvalue weighted by Gasteiger charge is 2.49. The van der Waals surface area contributed by atoms with E-state index < -0.39 is 73.1 Å². The number of hydrogen-bond acceptors (Lipinski definition) is 12. The van der Waals surface area contributed by atoms with Gasteiger partial charge in [0.1, 0.15) is 42.7 Å². The lowest BCUT2D eigenvalue weighted by Gasteiger charge is -2.43. The minimum atomic E-state index is -1.88. The largest absolute Gasteiger partial charge is 0.394 e. The van der Waals surface area contributed by atoms with Gasteiger partial charge >= 0.3 is 0 Å². The van der Waals surface area contributed by atoms with Crippen molar-refractivity contribution < 1.29 is 54.4 Å². The van der Waals surface area contributed by atoms with Gasteiger partial charge in [-0.3, -0.25) is 4.79 Å². The first-order valence-corrected chi connectivity index (χ1v) is 14.9. The molecule has 0 amide bonds. The van der Waals surface area contributed by atoms with Crippen molar-refractivity contribution in [1.29, 1.82) is 5.26 Å². The number of aliphatic hydroxyl groups excluding tert-OH is 6. The van der Waals surface area contributed by atoms with Crippen LogP contribution in [-0.4, -0.2) is 105 Å². The van der Waals surface area contributed by atoms with E-state index in [1.165, 1.54) is 0 Å². The summed E-state index contributed by atoms with van der Waals surface area (Å²) in [7, 11) is 0. The van der Waals surface area contributed by atoms with Crippen molar-refractivity contribution in [2.24, 2.45) is 16.2 Å². The van der Waals surface area contributed by atoms with Gasteiger partial charge < -0.3 is 49.6 Å². The Hall–Kier alpha value is -2.02. The average molecular weight is 624 g/mol. The third kappa shape index (κ3) is 8.03. The summed E-state index contributed by atoms with van der Waals surface area (Å²) in [6, 6.07) is 10.4. The SMILES string of the molecule is CC(C)(C)C(CC(C)(C)C(C)(C)C#N)c1ccc(COC[C@H]2O[C@H](OC3O[C@H](CO)C(O)C(O)C3O)C(=O)[C@@H](O)[C@@H]2O)cc1. The third-order valence-corrected chi connectivity index (χ3v) is 9.30. The van der Waals surface area contributed by atoms with Gasteiger partial charge in [0, 0.05) is 0 Å². The van der Waals surface area contributed by atoms with Crippen LogP contribution in [0.25, 0.3) is 0 Å². The van der Waals surface area contributed by atoms with Gasteiger partial charge in [-0.2, -0.15) is 5.26 Å². The first kappa shape index (κ1) is 36.4. The summed E-state index contributed by atoms with van der Waals surface area (Å²) in [6.07, 6.45) is -13.7. The van der Waals surface area contributed by atoms with Crippen LogP contribution in [0.15, 0.2) is 24.3 Å². The number of aliphatic hydroxyl groups is 6. The van der Waals surface area contributed by atoms with Crippen LogP contribution in [0.4, 0.5) is 0 Å². The quantitative estimate of drug-likeness (QED) is 0.206. The van der Waals surface area contributed by atoms with Crippen LogP contribution in [0.1, 0.15) is 71.9 Å². The monoisotopic (exact) mass is 623 g/mol. The molecule has 10 atom stereocenters. The van der Waals surface area contributed by atoms with E-state index in [1.54, 1.807) is 0 Å². The fraction of sp³-hybridized carbons (Fsp3) is 0.750. The second-order valence-electron chi connectivity index (χ2n) is 14.2. The molecule has 1 aromatic carbocycles. The van der Waals surface area contributed by atoms with E-state index in [4.69, 9.17) is 18.9 Å². The van der Waals surface area contributed by atoms with E-state index in [0.29, 0.717) is 0 Å². The van der Waals surface area contributed by atoms with Crippen LogP contribution in [-0.2, 0) is 30.3 Å². The summed E-state index contributed by atoms with van der Waals surface area (Å²) in [5.41, 5.74) is 1.19. The Morgan fingerprint density at radius 3 is 2.05 bits per heavy atom. The summed E-state index contributed by atoms with van der Waals surface area (Å²) in [5, 5.41) is 70.1. The molecule has 0 aromatic heterocycles. The fourth-order valence-corrected chi connectivity index (χ4v) is 5.34. The molecule has 12 nitrogen and oxygen atoms in total. The van der Waals surface area contributed by atoms with E-state index in [0.717, 1.165) is 17.5 Å². The normalized spacial score (nSPS) is 32.7. The molecule has 2 fully saturated rings. The Labute approximate surface area is 259 Å². The second-order valence-corrected chi connectivity index (χ2v) is 14.2. The number of ketones is 1. The molecule has 248 valence electrons. The number of carbonyl (C=O) groups is 1. The molecule has 2 aliphatic heterocycles. The third-order valence-electron chi connectivity index (χ3n) is 9.30. The summed E-state index contributed by atoms with van der Waals surface area (Å²) >= 11 is 0. The molecule has 0 aliphatic carbocycles. The molecule has 12 heteroatoms. The molecular formula is C32H49NO11. The standard InChI is InChI=1S/C32H49NO11/c1-30(2,3)19(12-31(4,5)32(6,7)16-33)18-10-8-17(9-11-18)14-41-15-21-23(36)25(38)27(40)29(43-21)44-28-26(39)24(37)22(35)20(13-34)42-28/h8-11,19-26,28-29,34-39H,12-15H2,1-7H3/t19?,20-,21-,22?,23-,24?,25+,26?,28?,29-/m1/s1. The van der Waals surface area contributed by atoms with Crippen molar-refractivity contribution in [3.05, 3.63) is 35.4 Å². The Kier molecular flexibility index (Phi) is 11.7. The highest BCUT2D eigenvalue weighted by molar-refractivity contribution is 5.87. The maximum atomic E-state index is 12.6. The molecule has 6 N–H and O–H groups in total. The highest BCUT2D eigenvalue weighted by Crippen LogP contribution is 2.50. The first-order valence-electron chi connectivity index (χ1n) is 14.9. The van der Waals surface area contributed by atoms with Crippen LogP contribution in [0.2, 0.25) is 0 Å². The molecule has 1 aromatic rings. The summed E-state index contributed by atoms with van der Waals surface area (Å²) in [5.74, 6) is -0.846. The Balaban J connectivity index is 1.63. The molecule has 0 radical (unpaired) electrons. The number of carbonyl (C=O) groups excluding carboxylic acids is 1. The Morgan fingerprint density at radius 2 is 1.50 bits per heavy atom. The van der Waals surface area contributed by atoms with Crippen molar-refractivity contribution in [1.82, 2.24) is 0 Å². The number of Topliss-reactive ketones (excluding diaryl/α,β-unsaturated/α-hetero) is 1. The molecule has 0 saturated carbocycles. The maximum Gasteiger partial charge on any atom is 0.223 e. The van der Waals surface area contributed by atoms with E-state index >= 15 is 0 Å².